The number of rotatable bonds is 6. The van der Waals surface area contributed by atoms with Gasteiger partial charge in [0, 0.05) is 38.3 Å². The van der Waals surface area contributed by atoms with Crippen LogP contribution in [0, 0.1) is 6.92 Å². The Labute approximate surface area is 149 Å². The van der Waals surface area contributed by atoms with E-state index in [0.29, 0.717) is 25.3 Å². The van der Waals surface area contributed by atoms with E-state index in [0.717, 1.165) is 36.8 Å². The fraction of sp³-hybridized carbons (Fsp3) is 0.647. The Balaban J connectivity index is 1.92. The molecule has 0 spiro atoms. The molecule has 0 bridgehead atoms. The highest BCUT2D eigenvalue weighted by Crippen LogP contribution is 2.24. The highest BCUT2D eigenvalue weighted by molar-refractivity contribution is 7.89. The molecule has 0 amide bonds. The lowest BCUT2D eigenvalue weighted by atomic mass is 10.1. The molecule has 1 fully saturated rings. The van der Waals surface area contributed by atoms with Crippen LogP contribution < -0.4 is 0 Å². The average molecular weight is 366 g/mol. The number of fused-ring (bicyclic) bond motifs is 1. The zero-order valence-electron chi connectivity index (χ0n) is 15.1. The molecule has 1 aliphatic rings. The number of aromatic nitrogens is 3. The van der Waals surface area contributed by atoms with Crippen LogP contribution in [0.2, 0.25) is 0 Å². The van der Waals surface area contributed by atoms with Crippen LogP contribution in [0.4, 0.5) is 0 Å². The summed E-state index contributed by atoms with van der Waals surface area (Å²) in [5.41, 5.74) is 1.47. The Morgan fingerprint density at radius 3 is 2.88 bits per heavy atom. The minimum atomic E-state index is -3.61. The van der Waals surface area contributed by atoms with Gasteiger partial charge in [-0.3, -0.25) is 4.68 Å². The molecule has 2 aromatic rings. The second-order valence-electron chi connectivity index (χ2n) is 6.60. The summed E-state index contributed by atoms with van der Waals surface area (Å²) in [4.78, 5) is 4.54. The van der Waals surface area contributed by atoms with E-state index in [1.54, 1.807) is 17.8 Å². The van der Waals surface area contributed by atoms with Gasteiger partial charge in [0.05, 0.1) is 11.8 Å². The van der Waals surface area contributed by atoms with Gasteiger partial charge in [-0.2, -0.15) is 9.40 Å². The Hall–Kier alpha value is -1.51. The summed E-state index contributed by atoms with van der Waals surface area (Å²) in [6.07, 6.45) is 5.23. The third-order valence-corrected chi connectivity index (χ3v) is 6.46. The standard InChI is InChI=1S/C17H26N4O3S/c1-4-8-21(12-14-7-5-6-9-24-14)25(22,23)15-10-16-13(2)19-20(3)17(16)18-11-15/h10-11,14H,4-9,12H2,1-3H3/t14-/m0/s1. The predicted octanol–water partition coefficient (Wildman–Crippen LogP) is 2.25. The van der Waals surface area contributed by atoms with Crippen LogP contribution in [0.15, 0.2) is 17.2 Å². The van der Waals surface area contributed by atoms with Crippen molar-refractivity contribution >= 4 is 21.1 Å². The quantitative estimate of drug-likeness (QED) is 0.784. The summed E-state index contributed by atoms with van der Waals surface area (Å²) >= 11 is 0. The third-order valence-electron chi connectivity index (χ3n) is 4.63. The second-order valence-corrected chi connectivity index (χ2v) is 8.54. The summed E-state index contributed by atoms with van der Waals surface area (Å²) in [5, 5.41) is 5.09. The van der Waals surface area contributed by atoms with Crippen molar-refractivity contribution < 1.29 is 13.2 Å². The van der Waals surface area contributed by atoms with Gasteiger partial charge in [-0.1, -0.05) is 6.92 Å². The van der Waals surface area contributed by atoms with Crippen molar-refractivity contribution in [1.82, 2.24) is 19.1 Å². The van der Waals surface area contributed by atoms with Gasteiger partial charge >= 0.3 is 0 Å². The summed E-state index contributed by atoms with van der Waals surface area (Å²) < 4.78 is 35.3. The van der Waals surface area contributed by atoms with Crippen LogP contribution in [-0.4, -0.2) is 53.3 Å². The van der Waals surface area contributed by atoms with Crippen molar-refractivity contribution in [2.75, 3.05) is 19.7 Å². The van der Waals surface area contributed by atoms with Crippen LogP contribution in [0.3, 0.4) is 0 Å². The first kappa shape index (κ1) is 18.3. The summed E-state index contributed by atoms with van der Waals surface area (Å²) in [5.74, 6) is 0. The van der Waals surface area contributed by atoms with Crippen LogP contribution in [0.1, 0.15) is 38.3 Å². The van der Waals surface area contributed by atoms with Crippen LogP contribution in [0.25, 0.3) is 11.0 Å². The average Bonchev–Trinajstić information content (AvgIpc) is 2.89. The van der Waals surface area contributed by atoms with Gasteiger partial charge in [-0.25, -0.2) is 13.4 Å². The SMILES string of the molecule is CCCN(C[C@@H]1CCCCO1)S(=O)(=O)c1cnc2c(c1)c(C)nn2C. The van der Waals surface area contributed by atoms with E-state index in [1.807, 2.05) is 13.8 Å². The summed E-state index contributed by atoms with van der Waals surface area (Å²) in [6.45, 7) is 5.44. The fourth-order valence-corrected chi connectivity index (χ4v) is 4.85. The van der Waals surface area contributed by atoms with E-state index in [9.17, 15) is 8.42 Å². The van der Waals surface area contributed by atoms with Crippen molar-refractivity contribution in [2.45, 2.75) is 50.5 Å². The van der Waals surface area contributed by atoms with E-state index in [2.05, 4.69) is 10.1 Å². The van der Waals surface area contributed by atoms with Crippen molar-refractivity contribution in [3.8, 4) is 0 Å². The number of nitrogens with zero attached hydrogens (tertiary/aromatic N) is 4. The number of hydrogen-bond acceptors (Lipinski definition) is 5. The van der Waals surface area contributed by atoms with Gasteiger partial charge in [0.1, 0.15) is 4.90 Å². The Morgan fingerprint density at radius 1 is 1.40 bits per heavy atom. The fourth-order valence-electron chi connectivity index (χ4n) is 3.32. The molecule has 3 heterocycles. The first-order valence-corrected chi connectivity index (χ1v) is 10.3. The number of aryl methyl sites for hydroxylation is 2. The second kappa shape index (κ2) is 7.39. The monoisotopic (exact) mass is 366 g/mol. The molecule has 0 aromatic carbocycles. The first-order valence-electron chi connectivity index (χ1n) is 8.84. The minimum absolute atomic E-state index is 0.0214. The van der Waals surface area contributed by atoms with Gasteiger partial charge in [0.25, 0.3) is 0 Å². The summed E-state index contributed by atoms with van der Waals surface area (Å²) in [7, 11) is -1.80. The van der Waals surface area contributed by atoms with E-state index < -0.39 is 10.0 Å². The third kappa shape index (κ3) is 3.70. The normalized spacial score (nSPS) is 19.0. The Kier molecular flexibility index (Phi) is 5.41. The number of hydrogen-bond donors (Lipinski definition) is 0. The first-order chi connectivity index (χ1) is 11.9. The molecule has 3 rings (SSSR count). The maximum Gasteiger partial charge on any atom is 0.244 e. The van der Waals surface area contributed by atoms with Crippen molar-refractivity contribution in [1.29, 1.82) is 0 Å². The Morgan fingerprint density at radius 2 is 2.20 bits per heavy atom. The molecule has 2 aromatic heterocycles. The van der Waals surface area contributed by atoms with E-state index in [-0.39, 0.29) is 11.0 Å². The lowest BCUT2D eigenvalue weighted by Gasteiger charge is -2.29. The smallest absolute Gasteiger partial charge is 0.244 e. The van der Waals surface area contributed by atoms with E-state index in [1.165, 1.54) is 10.5 Å². The number of ether oxygens (including phenoxy) is 1. The molecule has 8 heteroatoms. The highest BCUT2D eigenvalue weighted by Gasteiger charge is 2.28. The Bertz CT molecular complexity index is 841. The van der Waals surface area contributed by atoms with Gasteiger partial charge < -0.3 is 4.74 Å². The molecule has 0 aliphatic carbocycles. The van der Waals surface area contributed by atoms with Gasteiger partial charge in [0.15, 0.2) is 5.65 Å². The molecule has 1 aliphatic heterocycles. The van der Waals surface area contributed by atoms with Crippen LogP contribution >= 0.6 is 0 Å². The summed E-state index contributed by atoms with van der Waals surface area (Å²) in [6, 6.07) is 1.68. The number of pyridine rings is 1. The van der Waals surface area contributed by atoms with Gasteiger partial charge in [0.2, 0.25) is 10.0 Å². The van der Waals surface area contributed by atoms with Gasteiger partial charge in [-0.15, -0.1) is 0 Å². The van der Waals surface area contributed by atoms with E-state index >= 15 is 0 Å². The molecule has 0 radical (unpaired) electrons. The number of sulfonamides is 1. The molecular formula is C17H26N4O3S. The molecule has 0 N–H and O–H groups in total. The molecular weight excluding hydrogens is 340 g/mol. The molecule has 0 saturated carbocycles. The molecule has 7 nitrogen and oxygen atoms in total. The molecule has 25 heavy (non-hydrogen) atoms. The highest BCUT2D eigenvalue weighted by atomic mass is 32.2. The topological polar surface area (TPSA) is 77.3 Å². The van der Waals surface area contributed by atoms with E-state index in [4.69, 9.17) is 4.74 Å². The molecule has 138 valence electrons. The lowest BCUT2D eigenvalue weighted by Crippen LogP contribution is -2.40. The lowest BCUT2D eigenvalue weighted by molar-refractivity contribution is 0.00624. The maximum atomic E-state index is 13.2. The molecule has 1 atom stereocenters. The van der Waals surface area contributed by atoms with Crippen molar-refractivity contribution in [3.05, 3.63) is 18.0 Å². The van der Waals surface area contributed by atoms with Crippen LogP contribution in [0.5, 0.6) is 0 Å². The minimum Gasteiger partial charge on any atom is -0.377 e. The van der Waals surface area contributed by atoms with Crippen LogP contribution in [-0.2, 0) is 21.8 Å². The maximum absolute atomic E-state index is 13.2. The van der Waals surface area contributed by atoms with Crippen molar-refractivity contribution in [2.24, 2.45) is 7.05 Å². The molecule has 1 saturated heterocycles. The predicted molar refractivity (Wildman–Crippen MR) is 95.9 cm³/mol. The molecule has 0 unspecified atom stereocenters. The van der Waals surface area contributed by atoms with Gasteiger partial charge in [-0.05, 0) is 38.7 Å². The zero-order valence-corrected chi connectivity index (χ0v) is 15.9. The largest absolute Gasteiger partial charge is 0.377 e. The van der Waals surface area contributed by atoms with Crippen molar-refractivity contribution in [3.63, 3.8) is 0 Å². The zero-order chi connectivity index (χ0) is 18.0.